The lowest BCUT2D eigenvalue weighted by Crippen LogP contribution is -2.49. The molecule has 1 atom stereocenters. The third kappa shape index (κ3) is 7.65. The minimum Gasteiger partial charge on any atom is -0.445 e. The summed E-state index contributed by atoms with van der Waals surface area (Å²) in [7, 11) is 0. The van der Waals surface area contributed by atoms with Gasteiger partial charge in [-0.25, -0.2) is 4.79 Å². The fraction of sp³-hybridized carbons (Fsp3) is 0.211. The summed E-state index contributed by atoms with van der Waals surface area (Å²) in [5, 5.41) is 4.87. The Labute approximate surface area is 170 Å². The molecular formula is C19H20IN3O4. The standard InChI is InChI=1S/C19H20IN3O4/c20-15-8-4-7-14(9-15)10-16(18(21)25)23-17(24)11-22-19(26)27-12-13-5-2-1-3-6-13/h1-9,16H,10-12H2,(H2,21,25)(H,22,26)(H,23,24)/t16-/m0/s1. The molecule has 27 heavy (non-hydrogen) atoms. The van der Waals surface area contributed by atoms with Crippen molar-refractivity contribution in [2.75, 3.05) is 6.54 Å². The van der Waals surface area contributed by atoms with E-state index in [1.165, 1.54) is 0 Å². The van der Waals surface area contributed by atoms with Crippen molar-refractivity contribution in [3.05, 3.63) is 69.3 Å². The number of carbonyl (C=O) groups is 3. The van der Waals surface area contributed by atoms with Crippen LogP contribution in [0.2, 0.25) is 0 Å². The molecule has 8 heteroatoms. The molecule has 0 aliphatic heterocycles. The number of rotatable bonds is 8. The van der Waals surface area contributed by atoms with Crippen molar-refractivity contribution in [1.82, 2.24) is 10.6 Å². The summed E-state index contributed by atoms with van der Waals surface area (Å²) >= 11 is 2.16. The second-order valence-electron chi connectivity index (χ2n) is 5.77. The number of hydrogen-bond acceptors (Lipinski definition) is 4. The zero-order valence-electron chi connectivity index (χ0n) is 14.5. The second-order valence-corrected chi connectivity index (χ2v) is 7.02. The first-order chi connectivity index (χ1) is 12.9. The Morgan fingerprint density at radius 1 is 1.04 bits per heavy atom. The predicted molar refractivity (Wildman–Crippen MR) is 109 cm³/mol. The maximum Gasteiger partial charge on any atom is 0.407 e. The lowest BCUT2D eigenvalue weighted by Gasteiger charge is -2.16. The molecule has 0 aromatic heterocycles. The Morgan fingerprint density at radius 2 is 1.74 bits per heavy atom. The summed E-state index contributed by atoms with van der Waals surface area (Å²) < 4.78 is 6.03. The highest BCUT2D eigenvalue weighted by Gasteiger charge is 2.19. The Bertz CT molecular complexity index is 799. The molecule has 0 unspecified atom stereocenters. The summed E-state index contributed by atoms with van der Waals surface area (Å²) in [6.07, 6.45) is -0.446. The molecule has 2 aromatic rings. The number of alkyl carbamates (subject to hydrolysis) is 1. The summed E-state index contributed by atoms with van der Waals surface area (Å²) in [6, 6.07) is 15.9. The Hall–Kier alpha value is -2.62. The third-order valence-electron chi connectivity index (χ3n) is 3.61. The molecule has 0 spiro atoms. The maximum atomic E-state index is 12.0. The van der Waals surface area contributed by atoms with Crippen molar-refractivity contribution in [1.29, 1.82) is 0 Å². The minimum atomic E-state index is -0.863. The van der Waals surface area contributed by atoms with E-state index in [1.54, 1.807) is 0 Å². The Kier molecular flexibility index (Phi) is 8.05. The van der Waals surface area contributed by atoms with Crippen molar-refractivity contribution >= 4 is 40.5 Å². The van der Waals surface area contributed by atoms with E-state index in [0.717, 1.165) is 14.7 Å². The van der Waals surface area contributed by atoms with Gasteiger partial charge in [-0.2, -0.15) is 0 Å². The molecule has 0 saturated carbocycles. The Morgan fingerprint density at radius 3 is 2.41 bits per heavy atom. The van der Waals surface area contributed by atoms with Crippen LogP contribution in [-0.2, 0) is 27.4 Å². The van der Waals surface area contributed by atoms with Gasteiger partial charge in [-0.1, -0.05) is 42.5 Å². The molecular weight excluding hydrogens is 461 g/mol. The predicted octanol–water partition coefficient (Wildman–Crippen LogP) is 1.73. The van der Waals surface area contributed by atoms with Crippen LogP contribution in [-0.4, -0.2) is 30.5 Å². The summed E-state index contributed by atoms with van der Waals surface area (Å²) in [4.78, 5) is 35.3. The molecule has 0 heterocycles. The molecule has 2 rings (SSSR count). The van der Waals surface area contributed by atoms with Crippen LogP contribution in [0.4, 0.5) is 4.79 Å². The van der Waals surface area contributed by atoms with Gasteiger partial charge in [-0.05, 0) is 45.9 Å². The number of primary amides is 1. The molecule has 0 fully saturated rings. The van der Waals surface area contributed by atoms with E-state index < -0.39 is 23.9 Å². The zero-order chi connectivity index (χ0) is 19.6. The van der Waals surface area contributed by atoms with E-state index in [-0.39, 0.29) is 19.6 Å². The van der Waals surface area contributed by atoms with Gasteiger partial charge < -0.3 is 21.1 Å². The summed E-state index contributed by atoms with van der Waals surface area (Å²) in [5.41, 5.74) is 7.08. The summed E-state index contributed by atoms with van der Waals surface area (Å²) in [6.45, 7) is -0.214. The lowest BCUT2D eigenvalue weighted by atomic mass is 10.1. The number of amides is 3. The second kappa shape index (κ2) is 10.5. The van der Waals surface area contributed by atoms with E-state index in [0.29, 0.717) is 0 Å². The average molecular weight is 481 g/mol. The SMILES string of the molecule is NC(=O)[C@H](Cc1cccc(I)c1)NC(=O)CNC(=O)OCc1ccccc1. The smallest absolute Gasteiger partial charge is 0.407 e. The number of carbonyl (C=O) groups excluding carboxylic acids is 3. The van der Waals surface area contributed by atoms with E-state index in [1.807, 2.05) is 54.6 Å². The van der Waals surface area contributed by atoms with Crippen molar-refractivity contribution < 1.29 is 19.1 Å². The lowest BCUT2D eigenvalue weighted by molar-refractivity contribution is -0.126. The quantitative estimate of drug-likeness (QED) is 0.499. The highest BCUT2D eigenvalue weighted by atomic mass is 127. The van der Waals surface area contributed by atoms with Gasteiger partial charge in [0.25, 0.3) is 0 Å². The molecule has 4 N–H and O–H groups in total. The van der Waals surface area contributed by atoms with Crippen LogP contribution in [0.25, 0.3) is 0 Å². The van der Waals surface area contributed by atoms with Crippen LogP contribution in [0.15, 0.2) is 54.6 Å². The van der Waals surface area contributed by atoms with Gasteiger partial charge in [-0.3, -0.25) is 9.59 Å². The van der Waals surface area contributed by atoms with Gasteiger partial charge in [0, 0.05) is 9.99 Å². The highest BCUT2D eigenvalue weighted by molar-refractivity contribution is 14.1. The molecule has 0 aliphatic rings. The van der Waals surface area contributed by atoms with Crippen LogP contribution < -0.4 is 16.4 Å². The molecule has 0 aliphatic carbocycles. The normalized spacial score (nSPS) is 11.3. The first-order valence-corrected chi connectivity index (χ1v) is 9.29. The molecule has 0 radical (unpaired) electrons. The van der Waals surface area contributed by atoms with Crippen molar-refractivity contribution in [2.24, 2.45) is 5.73 Å². The molecule has 0 saturated heterocycles. The number of benzene rings is 2. The molecule has 7 nitrogen and oxygen atoms in total. The maximum absolute atomic E-state index is 12.0. The average Bonchev–Trinajstić information content (AvgIpc) is 2.65. The number of hydrogen-bond donors (Lipinski definition) is 3. The minimum absolute atomic E-state index is 0.102. The van der Waals surface area contributed by atoms with Crippen molar-refractivity contribution in [2.45, 2.75) is 19.1 Å². The van der Waals surface area contributed by atoms with Gasteiger partial charge >= 0.3 is 6.09 Å². The monoisotopic (exact) mass is 481 g/mol. The van der Waals surface area contributed by atoms with Gasteiger partial charge in [-0.15, -0.1) is 0 Å². The molecule has 2 aromatic carbocycles. The van der Waals surface area contributed by atoms with Crippen LogP contribution in [0.1, 0.15) is 11.1 Å². The first-order valence-electron chi connectivity index (χ1n) is 8.21. The zero-order valence-corrected chi connectivity index (χ0v) is 16.6. The fourth-order valence-corrected chi connectivity index (χ4v) is 2.90. The third-order valence-corrected chi connectivity index (χ3v) is 4.28. The highest BCUT2D eigenvalue weighted by Crippen LogP contribution is 2.10. The molecule has 0 bridgehead atoms. The number of ether oxygens (including phenoxy) is 1. The number of halogens is 1. The number of nitrogens with one attached hydrogen (secondary N) is 2. The van der Waals surface area contributed by atoms with Crippen molar-refractivity contribution in [3.8, 4) is 0 Å². The summed E-state index contributed by atoms with van der Waals surface area (Å²) in [5.74, 6) is -1.17. The van der Waals surface area contributed by atoms with E-state index in [4.69, 9.17) is 10.5 Å². The van der Waals surface area contributed by atoms with Crippen LogP contribution >= 0.6 is 22.6 Å². The van der Waals surface area contributed by atoms with Crippen molar-refractivity contribution in [3.63, 3.8) is 0 Å². The topological polar surface area (TPSA) is 111 Å². The van der Waals surface area contributed by atoms with Gasteiger partial charge in [0.1, 0.15) is 19.2 Å². The van der Waals surface area contributed by atoms with Gasteiger partial charge in [0.2, 0.25) is 11.8 Å². The van der Waals surface area contributed by atoms with E-state index >= 15 is 0 Å². The number of nitrogens with two attached hydrogens (primary N) is 1. The fourth-order valence-electron chi connectivity index (χ4n) is 2.29. The molecule has 3 amide bonds. The van der Waals surface area contributed by atoms with Gasteiger partial charge in [0.05, 0.1) is 0 Å². The van der Waals surface area contributed by atoms with E-state index in [2.05, 4.69) is 33.2 Å². The van der Waals surface area contributed by atoms with E-state index in [9.17, 15) is 14.4 Å². The van der Waals surface area contributed by atoms with Crippen LogP contribution in [0.5, 0.6) is 0 Å². The largest absolute Gasteiger partial charge is 0.445 e. The first kappa shape index (κ1) is 20.7. The Balaban J connectivity index is 1.78. The van der Waals surface area contributed by atoms with Crippen LogP contribution in [0.3, 0.4) is 0 Å². The van der Waals surface area contributed by atoms with Crippen LogP contribution in [0, 0.1) is 3.57 Å². The molecule has 142 valence electrons. The van der Waals surface area contributed by atoms with Gasteiger partial charge in [0.15, 0.2) is 0 Å².